The number of pyridine rings is 1. The van der Waals surface area contributed by atoms with E-state index in [9.17, 15) is 14.4 Å². The van der Waals surface area contributed by atoms with E-state index < -0.39 is 6.04 Å². The lowest BCUT2D eigenvalue weighted by molar-refractivity contribution is -0.138. The Hall–Kier alpha value is -3.18. The van der Waals surface area contributed by atoms with Gasteiger partial charge in [-0.05, 0) is 71.8 Å². The lowest BCUT2D eigenvalue weighted by Crippen LogP contribution is -2.47. The molecular weight excluding hydrogens is 556 g/mol. The van der Waals surface area contributed by atoms with Crippen molar-refractivity contribution in [3.05, 3.63) is 45.1 Å². The van der Waals surface area contributed by atoms with Crippen LogP contribution >= 0.6 is 27.3 Å². The average molecular weight is 581 g/mol. The lowest BCUT2D eigenvalue weighted by Gasteiger charge is -2.27. The van der Waals surface area contributed by atoms with Crippen LogP contribution in [0.3, 0.4) is 0 Å². The lowest BCUT2D eigenvalue weighted by atomic mass is 10.0. The number of fused-ring (bicyclic) bond motifs is 3. The van der Waals surface area contributed by atoms with Gasteiger partial charge < -0.3 is 10.2 Å². The Morgan fingerprint density at radius 1 is 1.19 bits per heavy atom. The van der Waals surface area contributed by atoms with Crippen molar-refractivity contribution in [2.75, 3.05) is 5.32 Å². The zero-order valence-electron chi connectivity index (χ0n) is 20.8. The van der Waals surface area contributed by atoms with Gasteiger partial charge >= 0.3 is 0 Å². The topological polar surface area (TPSA) is 110 Å². The number of hydrogen-bond acceptors (Lipinski definition) is 7. The molecule has 1 aromatic carbocycles. The van der Waals surface area contributed by atoms with Crippen molar-refractivity contribution in [1.29, 1.82) is 0 Å². The van der Waals surface area contributed by atoms with Crippen LogP contribution in [0.15, 0.2) is 28.9 Å². The van der Waals surface area contributed by atoms with Crippen molar-refractivity contribution in [2.45, 2.75) is 59.2 Å². The molecule has 1 aliphatic heterocycles. The molecule has 0 spiro atoms. The number of likely N-dealkylation sites (tertiary alicyclic amines) is 1. The molecule has 190 valence electrons. The van der Waals surface area contributed by atoms with Gasteiger partial charge in [0, 0.05) is 18.4 Å². The summed E-state index contributed by atoms with van der Waals surface area (Å²) in [5.41, 5.74) is 2.59. The number of halogens is 1. The van der Waals surface area contributed by atoms with E-state index in [-0.39, 0.29) is 35.6 Å². The third-order valence-electron chi connectivity index (χ3n) is 7.52. The highest BCUT2D eigenvalue weighted by Crippen LogP contribution is 2.59. The van der Waals surface area contributed by atoms with Crippen LogP contribution in [0.2, 0.25) is 0 Å². The molecule has 4 heterocycles. The number of thiazole rings is 1. The number of carbonyl (C=O) groups excluding carboxylic acids is 3. The summed E-state index contributed by atoms with van der Waals surface area (Å²) in [6.07, 6.45) is 1.47. The number of Topliss-reactive ketones (excluding diaryl/α,β-unsaturated/α-hetero) is 1. The maximum Gasteiger partial charge on any atom is 0.248 e. The van der Waals surface area contributed by atoms with Gasteiger partial charge in [0.25, 0.3) is 0 Å². The van der Waals surface area contributed by atoms with Crippen LogP contribution < -0.4 is 5.32 Å². The first-order chi connectivity index (χ1) is 17.5. The first kappa shape index (κ1) is 24.2. The second-order valence-corrected chi connectivity index (χ2v) is 12.4. The van der Waals surface area contributed by atoms with Crippen molar-refractivity contribution < 1.29 is 14.4 Å². The normalized spacial score (nSPS) is 22.5. The third kappa shape index (κ3) is 4.04. The molecule has 9 nitrogen and oxygen atoms in total. The number of aryl methyl sites for hydroxylation is 2. The third-order valence-corrected chi connectivity index (χ3v) is 8.89. The average Bonchev–Trinajstić information content (AvgIpc) is 3.09. The Labute approximate surface area is 225 Å². The summed E-state index contributed by atoms with van der Waals surface area (Å²) in [7, 11) is 0. The number of amides is 2. The SMILES string of the molecule is CC(=O)c1nn(CC(=O)N2C3C[C@]3(C)C[C@H]2C(=O)Nc2nc(Br)ccc2C)c2cc3nc(C)sc3cc12. The standard InChI is InChI=1S/C26H25BrN6O3S/c1-12-5-6-21(27)29-24(12)30-25(36)18-9-26(4)10-20(26)33(18)22(35)11-32-17-8-16-19(37-14(3)28-16)7-15(17)23(31-32)13(2)34/h5-8,18,20H,9-11H2,1-4H3,(H,29,30,36)/t18-,20?,26-/m0/s1. The van der Waals surface area contributed by atoms with Gasteiger partial charge in [-0.2, -0.15) is 5.10 Å². The van der Waals surface area contributed by atoms with E-state index in [1.54, 1.807) is 20.9 Å². The van der Waals surface area contributed by atoms with Gasteiger partial charge in [-0.3, -0.25) is 19.1 Å². The fourth-order valence-electron chi connectivity index (χ4n) is 5.49. The Bertz CT molecular complexity index is 1640. The number of anilines is 1. The van der Waals surface area contributed by atoms with Crippen molar-refractivity contribution >= 4 is 71.8 Å². The van der Waals surface area contributed by atoms with E-state index in [1.807, 2.05) is 38.1 Å². The molecule has 3 atom stereocenters. The van der Waals surface area contributed by atoms with Gasteiger partial charge in [0.15, 0.2) is 5.78 Å². The molecule has 0 bridgehead atoms. The molecule has 4 aromatic rings. The van der Waals surface area contributed by atoms with Crippen LogP contribution in [0.25, 0.3) is 21.1 Å². The number of piperidine rings is 1. The van der Waals surface area contributed by atoms with E-state index in [0.717, 1.165) is 27.2 Å². The Kier molecular flexibility index (Phi) is 5.50. The fourth-order valence-corrected chi connectivity index (χ4v) is 6.65. The first-order valence-corrected chi connectivity index (χ1v) is 13.7. The maximum absolute atomic E-state index is 13.7. The van der Waals surface area contributed by atoms with Gasteiger partial charge in [-0.25, -0.2) is 9.97 Å². The molecular formula is C26H25BrN6O3S. The zero-order chi connectivity index (χ0) is 26.2. The maximum atomic E-state index is 13.7. The van der Waals surface area contributed by atoms with E-state index in [0.29, 0.717) is 33.4 Å². The molecule has 2 amide bonds. The summed E-state index contributed by atoms with van der Waals surface area (Å²) in [5.74, 6) is -0.129. The number of rotatable bonds is 5. The molecule has 1 unspecified atom stereocenters. The summed E-state index contributed by atoms with van der Waals surface area (Å²) in [6, 6.07) is 6.92. The molecule has 1 aliphatic carbocycles. The predicted molar refractivity (Wildman–Crippen MR) is 145 cm³/mol. The predicted octanol–water partition coefficient (Wildman–Crippen LogP) is 4.64. The molecule has 3 aromatic heterocycles. The van der Waals surface area contributed by atoms with E-state index in [2.05, 4.69) is 43.2 Å². The molecule has 11 heteroatoms. The highest BCUT2D eigenvalue weighted by molar-refractivity contribution is 9.10. The Balaban J connectivity index is 1.32. The van der Waals surface area contributed by atoms with Gasteiger partial charge in [0.1, 0.15) is 28.7 Å². The van der Waals surface area contributed by atoms with E-state index >= 15 is 0 Å². The minimum absolute atomic E-state index is 0.00863. The van der Waals surface area contributed by atoms with Crippen LogP contribution in [0, 0.1) is 19.3 Å². The monoisotopic (exact) mass is 580 g/mol. The molecule has 2 aliphatic rings. The first-order valence-electron chi connectivity index (χ1n) is 12.1. The van der Waals surface area contributed by atoms with Crippen LogP contribution in [-0.4, -0.2) is 54.3 Å². The Morgan fingerprint density at radius 2 is 1.97 bits per heavy atom. The number of hydrogen-bond donors (Lipinski definition) is 1. The van der Waals surface area contributed by atoms with E-state index in [1.165, 1.54) is 6.92 Å². The molecule has 37 heavy (non-hydrogen) atoms. The van der Waals surface area contributed by atoms with Gasteiger partial charge in [-0.1, -0.05) is 13.0 Å². The highest BCUT2D eigenvalue weighted by Gasteiger charge is 2.64. The largest absolute Gasteiger partial charge is 0.325 e. The number of benzene rings is 1. The Morgan fingerprint density at radius 3 is 2.73 bits per heavy atom. The fraction of sp³-hybridized carbons (Fsp3) is 0.385. The van der Waals surface area contributed by atoms with Crippen molar-refractivity contribution in [1.82, 2.24) is 24.6 Å². The smallest absolute Gasteiger partial charge is 0.248 e. The summed E-state index contributed by atoms with van der Waals surface area (Å²) in [5, 5.41) is 9.08. The second kappa shape index (κ2) is 8.42. The van der Waals surface area contributed by atoms with Crippen LogP contribution in [0.4, 0.5) is 5.82 Å². The molecule has 1 saturated heterocycles. The van der Waals surface area contributed by atoms with Gasteiger partial charge in [-0.15, -0.1) is 11.3 Å². The summed E-state index contributed by atoms with van der Waals surface area (Å²) < 4.78 is 3.17. The van der Waals surface area contributed by atoms with Gasteiger partial charge in [0.05, 0.1) is 20.7 Å². The molecule has 1 saturated carbocycles. The molecule has 0 radical (unpaired) electrons. The summed E-state index contributed by atoms with van der Waals surface area (Å²) in [6.45, 7) is 7.34. The van der Waals surface area contributed by atoms with Crippen molar-refractivity contribution in [3.8, 4) is 0 Å². The minimum atomic E-state index is -0.599. The van der Waals surface area contributed by atoms with Crippen molar-refractivity contribution in [2.24, 2.45) is 5.41 Å². The number of nitrogens with one attached hydrogen (secondary N) is 1. The summed E-state index contributed by atoms with van der Waals surface area (Å²) in [4.78, 5) is 50.2. The van der Waals surface area contributed by atoms with Crippen LogP contribution in [0.1, 0.15) is 47.7 Å². The number of ketones is 1. The van der Waals surface area contributed by atoms with Gasteiger partial charge in [0.2, 0.25) is 11.8 Å². The number of aromatic nitrogens is 4. The summed E-state index contributed by atoms with van der Waals surface area (Å²) >= 11 is 4.91. The van der Waals surface area contributed by atoms with Crippen molar-refractivity contribution in [3.63, 3.8) is 0 Å². The molecule has 1 N–H and O–H groups in total. The zero-order valence-corrected chi connectivity index (χ0v) is 23.2. The highest BCUT2D eigenvalue weighted by atomic mass is 79.9. The molecule has 2 fully saturated rings. The van der Waals surface area contributed by atoms with Crippen LogP contribution in [-0.2, 0) is 16.1 Å². The quantitative estimate of drug-likeness (QED) is 0.272. The second-order valence-electron chi connectivity index (χ2n) is 10.3. The molecule has 6 rings (SSSR count). The van der Waals surface area contributed by atoms with Crippen LogP contribution in [0.5, 0.6) is 0 Å². The van der Waals surface area contributed by atoms with E-state index in [4.69, 9.17) is 0 Å². The number of carbonyl (C=O) groups is 3. The number of nitrogens with zero attached hydrogens (tertiary/aromatic N) is 5. The minimum Gasteiger partial charge on any atom is -0.325 e.